The van der Waals surface area contributed by atoms with Crippen molar-refractivity contribution in [3.05, 3.63) is 53.9 Å². The first-order valence-electron chi connectivity index (χ1n) is 6.73. The maximum absolute atomic E-state index is 11.4. The van der Waals surface area contributed by atoms with E-state index in [1.54, 1.807) is 17.1 Å². The van der Waals surface area contributed by atoms with Gasteiger partial charge in [-0.2, -0.15) is 5.10 Å². The number of benzene rings is 1. The Morgan fingerprint density at radius 3 is 2.80 bits per heavy atom. The smallest absolute Gasteiger partial charge is 0.325 e. The van der Waals surface area contributed by atoms with Crippen LogP contribution in [0, 0.1) is 0 Å². The lowest BCUT2D eigenvalue weighted by Gasteiger charge is -2.12. The first-order valence-corrected chi connectivity index (χ1v) is 6.73. The van der Waals surface area contributed by atoms with E-state index in [1.807, 2.05) is 30.3 Å². The van der Waals surface area contributed by atoms with Gasteiger partial charge in [-0.05, 0) is 12.0 Å². The molecule has 0 bridgehead atoms. The molecule has 0 aliphatic heterocycles. The molecule has 1 atom stereocenters. The zero-order valence-corrected chi connectivity index (χ0v) is 11.5. The molecule has 2 aromatic rings. The van der Waals surface area contributed by atoms with Gasteiger partial charge in [0.15, 0.2) is 0 Å². The Morgan fingerprint density at radius 1 is 1.40 bits per heavy atom. The van der Waals surface area contributed by atoms with Crippen LogP contribution in [0.1, 0.15) is 30.5 Å². The van der Waals surface area contributed by atoms with Crippen molar-refractivity contribution in [1.29, 1.82) is 0 Å². The van der Waals surface area contributed by atoms with Crippen molar-refractivity contribution in [2.75, 3.05) is 0 Å². The summed E-state index contributed by atoms with van der Waals surface area (Å²) in [4.78, 5) is 11.4. The van der Waals surface area contributed by atoms with Crippen molar-refractivity contribution >= 4 is 5.97 Å². The van der Waals surface area contributed by atoms with Gasteiger partial charge in [0.1, 0.15) is 6.04 Å². The van der Waals surface area contributed by atoms with Crippen LogP contribution in [0.3, 0.4) is 0 Å². The largest absolute Gasteiger partial charge is 0.480 e. The second-order valence-corrected chi connectivity index (χ2v) is 4.67. The molecule has 1 aromatic heterocycles. The molecule has 0 aliphatic carbocycles. The zero-order chi connectivity index (χ0) is 14.4. The van der Waals surface area contributed by atoms with E-state index in [2.05, 4.69) is 17.3 Å². The number of carboxylic acids is 1. The number of carbonyl (C=O) groups is 1. The number of aromatic nitrogens is 2. The van der Waals surface area contributed by atoms with E-state index >= 15 is 0 Å². The van der Waals surface area contributed by atoms with Gasteiger partial charge in [-0.25, -0.2) is 0 Å². The van der Waals surface area contributed by atoms with E-state index in [9.17, 15) is 9.90 Å². The van der Waals surface area contributed by atoms with Crippen LogP contribution in [-0.2, 0) is 17.9 Å². The van der Waals surface area contributed by atoms with Gasteiger partial charge < -0.3 is 5.11 Å². The van der Waals surface area contributed by atoms with Gasteiger partial charge in [-0.3, -0.25) is 14.8 Å². The molecular formula is C15H19N3O2. The molecule has 0 saturated heterocycles. The summed E-state index contributed by atoms with van der Waals surface area (Å²) in [5.41, 5.74) is 1.74. The third-order valence-corrected chi connectivity index (χ3v) is 3.04. The fraction of sp³-hybridized carbons (Fsp3) is 0.333. The molecule has 1 aromatic carbocycles. The van der Waals surface area contributed by atoms with Crippen LogP contribution < -0.4 is 5.32 Å². The number of nitrogens with zero attached hydrogens (tertiary/aromatic N) is 2. The lowest BCUT2D eigenvalue weighted by Crippen LogP contribution is -2.27. The number of nitrogens with one attached hydrogen (secondary N) is 1. The summed E-state index contributed by atoms with van der Waals surface area (Å²) in [6, 6.07) is 9.00. The summed E-state index contributed by atoms with van der Waals surface area (Å²) in [6.45, 7) is 3.37. The molecule has 0 radical (unpaired) electrons. The minimum Gasteiger partial charge on any atom is -0.480 e. The third kappa shape index (κ3) is 3.68. The topological polar surface area (TPSA) is 67.2 Å². The molecule has 106 valence electrons. The predicted molar refractivity (Wildman–Crippen MR) is 76.2 cm³/mol. The Kier molecular flexibility index (Phi) is 4.90. The second-order valence-electron chi connectivity index (χ2n) is 4.67. The van der Waals surface area contributed by atoms with Crippen molar-refractivity contribution in [2.45, 2.75) is 32.5 Å². The highest BCUT2D eigenvalue weighted by atomic mass is 16.4. The monoisotopic (exact) mass is 273 g/mol. The first kappa shape index (κ1) is 14.3. The van der Waals surface area contributed by atoms with Gasteiger partial charge in [-0.1, -0.05) is 37.3 Å². The summed E-state index contributed by atoms with van der Waals surface area (Å²) in [7, 11) is 0. The number of hydrogen-bond donors (Lipinski definition) is 2. The number of aliphatic carboxylic acids is 1. The lowest BCUT2D eigenvalue weighted by molar-refractivity contribution is -0.139. The maximum Gasteiger partial charge on any atom is 0.325 e. The highest BCUT2D eigenvalue weighted by Gasteiger charge is 2.20. The van der Waals surface area contributed by atoms with Crippen LogP contribution in [0.25, 0.3) is 0 Å². The minimum atomic E-state index is -0.892. The Labute approximate surface area is 118 Å². The molecule has 5 nitrogen and oxygen atoms in total. The van der Waals surface area contributed by atoms with Gasteiger partial charge in [-0.15, -0.1) is 0 Å². The molecule has 0 fully saturated rings. The molecule has 2 rings (SSSR count). The molecule has 0 saturated carbocycles. The molecule has 2 N–H and O–H groups in total. The van der Waals surface area contributed by atoms with E-state index < -0.39 is 12.0 Å². The number of rotatable bonds is 7. The average Bonchev–Trinajstić information content (AvgIpc) is 2.89. The second kappa shape index (κ2) is 6.86. The molecule has 20 heavy (non-hydrogen) atoms. The lowest BCUT2D eigenvalue weighted by atomic mass is 10.1. The van der Waals surface area contributed by atoms with Gasteiger partial charge in [0.2, 0.25) is 0 Å². The van der Waals surface area contributed by atoms with Crippen molar-refractivity contribution in [3.8, 4) is 0 Å². The van der Waals surface area contributed by atoms with Gasteiger partial charge in [0.05, 0.1) is 6.20 Å². The Bertz CT molecular complexity index is 551. The van der Waals surface area contributed by atoms with Crippen molar-refractivity contribution < 1.29 is 9.90 Å². The van der Waals surface area contributed by atoms with Crippen LogP contribution in [0.15, 0.2) is 42.7 Å². The van der Waals surface area contributed by atoms with Crippen LogP contribution in [0.4, 0.5) is 0 Å². The number of carboxylic acid groups (broad SMARTS) is 1. The van der Waals surface area contributed by atoms with Crippen molar-refractivity contribution in [1.82, 2.24) is 15.1 Å². The fourth-order valence-electron chi connectivity index (χ4n) is 2.04. The van der Waals surface area contributed by atoms with E-state index in [-0.39, 0.29) is 0 Å². The Hall–Kier alpha value is -2.14. The van der Waals surface area contributed by atoms with E-state index in [4.69, 9.17) is 0 Å². The summed E-state index contributed by atoms with van der Waals surface area (Å²) < 4.78 is 1.77. The third-order valence-electron chi connectivity index (χ3n) is 3.04. The molecule has 0 aliphatic rings. The molecule has 1 unspecified atom stereocenters. The molecule has 0 spiro atoms. The average molecular weight is 273 g/mol. The van der Waals surface area contributed by atoms with Gasteiger partial charge in [0.25, 0.3) is 0 Å². The standard InChI is InChI=1S/C15H19N3O2/c1-2-8-18-11-13(10-17-18)14(15(19)20)16-9-12-6-4-3-5-7-12/h3-7,10-11,14,16H,2,8-9H2,1H3,(H,19,20). The maximum atomic E-state index is 11.4. The summed E-state index contributed by atoms with van der Waals surface area (Å²) in [5, 5.41) is 16.6. The molecule has 0 amide bonds. The van der Waals surface area contributed by atoms with Gasteiger partial charge in [0, 0.05) is 24.8 Å². The Balaban J connectivity index is 2.04. The molecular weight excluding hydrogens is 254 g/mol. The minimum absolute atomic E-state index is 0.511. The SMILES string of the molecule is CCCn1cc(C(NCc2ccccc2)C(=O)O)cn1. The quantitative estimate of drug-likeness (QED) is 0.811. The summed E-state index contributed by atoms with van der Waals surface area (Å²) in [6.07, 6.45) is 4.38. The highest BCUT2D eigenvalue weighted by molar-refractivity contribution is 5.75. The number of aryl methyl sites for hydroxylation is 1. The van der Waals surface area contributed by atoms with Gasteiger partial charge >= 0.3 is 5.97 Å². The number of hydrogen-bond acceptors (Lipinski definition) is 3. The zero-order valence-electron chi connectivity index (χ0n) is 11.5. The van der Waals surface area contributed by atoms with E-state index in [0.29, 0.717) is 12.1 Å². The summed E-state index contributed by atoms with van der Waals surface area (Å²) >= 11 is 0. The first-order chi connectivity index (χ1) is 9.70. The molecule has 5 heteroatoms. The van der Waals surface area contributed by atoms with Crippen LogP contribution in [0.2, 0.25) is 0 Å². The normalized spacial score (nSPS) is 12.2. The van der Waals surface area contributed by atoms with Crippen LogP contribution >= 0.6 is 0 Å². The van der Waals surface area contributed by atoms with E-state index in [0.717, 1.165) is 18.5 Å². The van der Waals surface area contributed by atoms with Crippen LogP contribution in [-0.4, -0.2) is 20.9 Å². The predicted octanol–water partition coefficient (Wildman–Crippen LogP) is 2.21. The van der Waals surface area contributed by atoms with Crippen molar-refractivity contribution in [3.63, 3.8) is 0 Å². The van der Waals surface area contributed by atoms with Crippen molar-refractivity contribution in [2.24, 2.45) is 0 Å². The molecule has 1 heterocycles. The Morgan fingerprint density at radius 2 is 2.15 bits per heavy atom. The fourth-order valence-corrected chi connectivity index (χ4v) is 2.04. The van der Waals surface area contributed by atoms with Crippen LogP contribution in [0.5, 0.6) is 0 Å². The van der Waals surface area contributed by atoms with E-state index in [1.165, 1.54) is 0 Å². The highest BCUT2D eigenvalue weighted by Crippen LogP contribution is 2.13. The summed E-state index contributed by atoms with van der Waals surface area (Å²) in [5.74, 6) is -0.892.